The van der Waals surface area contributed by atoms with Crippen LogP contribution in [0.1, 0.15) is 60.0 Å². The molecule has 0 bridgehead atoms. The molecule has 0 atom stereocenters. The Morgan fingerprint density at radius 2 is 1.82 bits per heavy atom. The molecule has 0 unspecified atom stereocenters. The van der Waals surface area contributed by atoms with E-state index in [1.165, 1.54) is 11.1 Å². The third kappa shape index (κ3) is 6.84. The van der Waals surface area contributed by atoms with Crippen molar-refractivity contribution in [2.24, 2.45) is 0 Å². The predicted molar refractivity (Wildman–Crippen MR) is 159 cm³/mol. The number of fused-ring (bicyclic) bond motifs is 1. The van der Waals surface area contributed by atoms with Crippen molar-refractivity contribution >= 4 is 28.5 Å². The van der Waals surface area contributed by atoms with Gasteiger partial charge in [-0.2, -0.15) is 0 Å². The lowest BCUT2D eigenvalue weighted by Crippen LogP contribution is -2.34. The van der Waals surface area contributed by atoms with Crippen LogP contribution in [-0.4, -0.2) is 43.6 Å². The van der Waals surface area contributed by atoms with Gasteiger partial charge in [0.1, 0.15) is 17.1 Å². The van der Waals surface area contributed by atoms with Gasteiger partial charge >= 0.3 is 0 Å². The van der Waals surface area contributed by atoms with Gasteiger partial charge in [0.05, 0.1) is 6.61 Å². The second kappa shape index (κ2) is 12.7. The van der Waals surface area contributed by atoms with Gasteiger partial charge in [-0.15, -0.1) is 0 Å². The highest BCUT2D eigenvalue weighted by Gasteiger charge is 2.23. The summed E-state index contributed by atoms with van der Waals surface area (Å²) in [5.74, 6) is 2.34. The molecule has 1 amide bonds. The minimum absolute atomic E-state index is 0.0462. The molecule has 1 fully saturated rings. The van der Waals surface area contributed by atoms with Crippen LogP contribution in [0.15, 0.2) is 71.1 Å². The molecule has 6 heteroatoms. The molecule has 0 radical (unpaired) electrons. The fraction of sp³-hybridized carbons (Fsp3) is 0.364. The molecule has 1 saturated heterocycles. The molecular formula is C33H37ClN2O3. The van der Waals surface area contributed by atoms with E-state index in [0.717, 1.165) is 73.4 Å². The van der Waals surface area contributed by atoms with Gasteiger partial charge in [0.15, 0.2) is 0 Å². The van der Waals surface area contributed by atoms with Crippen LogP contribution in [0.3, 0.4) is 0 Å². The van der Waals surface area contributed by atoms with Gasteiger partial charge < -0.3 is 19.4 Å². The molecule has 1 aromatic heterocycles. The van der Waals surface area contributed by atoms with Gasteiger partial charge in [0.25, 0.3) is 5.91 Å². The molecule has 5 rings (SSSR count). The second-order valence-corrected chi connectivity index (χ2v) is 10.9. The average molecular weight is 545 g/mol. The number of piperidine rings is 1. The Kier molecular flexibility index (Phi) is 8.90. The normalized spacial score (nSPS) is 14.5. The summed E-state index contributed by atoms with van der Waals surface area (Å²) in [5, 5.41) is 4.68. The van der Waals surface area contributed by atoms with E-state index >= 15 is 0 Å². The van der Waals surface area contributed by atoms with E-state index < -0.39 is 0 Å². The summed E-state index contributed by atoms with van der Waals surface area (Å²) in [6, 6.07) is 21.7. The van der Waals surface area contributed by atoms with Crippen LogP contribution in [0.5, 0.6) is 5.75 Å². The highest BCUT2D eigenvalue weighted by Crippen LogP contribution is 2.35. The van der Waals surface area contributed by atoms with Crippen LogP contribution in [0.25, 0.3) is 22.3 Å². The Morgan fingerprint density at radius 3 is 2.59 bits per heavy atom. The topological polar surface area (TPSA) is 54.7 Å². The number of benzene rings is 3. The van der Waals surface area contributed by atoms with E-state index in [-0.39, 0.29) is 5.91 Å². The van der Waals surface area contributed by atoms with Crippen LogP contribution in [0.2, 0.25) is 5.02 Å². The third-order valence-corrected chi connectivity index (χ3v) is 7.84. The Balaban J connectivity index is 1.05. The van der Waals surface area contributed by atoms with Crippen molar-refractivity contribution in [2.45, 2.75) is 45.4 Å². The Hall–Kier alpha value is -3.28. The zero-order valence-electron chi connectivity index (χ0n) is 22.8. The number of amides is 1. The Labute approximate surface area is 236 Å². The van der Waals surface area contributed by atoms with Crippen LogP contribution in [0.4, 0.5) is 0 Å². The fourth-order valence-corrected chi connectivity index (χ4v) is 5.56. The number of likely N-dealkylation sites (tertiary alicyclic amines) is 1. The number of nitrogens with one attached hydrogen (secondary N) is 1. The highest BCUT2D eigenvalue weighted by molar-refractivity contribution is 6.30. The monoisotopic (exact) mass is 544 g/mol. The van der Waals surface area contributed by atoms with E-state index in [1.807, 2.05) is 55.5 Å². The molecule has 1 aliphatic rings. The lowest BCUT2D eigenvalue weighted by molar-refractivity contribution is 0.0952. The number of unbranched alkanes of at least 4 members (excludes halogenated alkanes) is 1. The number of hydrogen-bond donors (Lipinski definition) is 1. The molecule has 0 saturated carbocycles. The lowest BCUT2D eigenvalue weighted by Gasteiger charge is -2.33. The minimum Gasteiger partial charge on any atom is -0.494 e. The molecule has 4 aromatic rings. The van der Waals surface area contributed by atoms with Crippen LogP contribution < -0.4 is 10.1 Å². The van der Waals surface area contributed by atoms with Crippen LogP contribution >= 0.6 is 11.6 Å². The summed E-state index contributed by atoms with van der Waals surface area (Å²) in [7, 11) is 0. The van der Waals surface area contributed by atoms with Crippen molar-refractivity contribution < 1.29 is 13.9 Å². The first kappa shape index (κ1) is 27.3. The molecule has 1 N–H and O–H groups in total. The zero-order chi connectivity index (χ0) is 27.2. The molecule has 3 aromatic carbocycles. The Bertz CT molecular complexity index is 1400. The van der Waals surface area contributed by atoms with Gasteiger partial charge in [0.2, 0.25) is 0 Å². The number of aryl methyl sites for hydroxylation is 1. The van der Waals surface area contributed by atoms with Crippen molar-refractivity contribution in [3.05, 3.63) is 88.4 Å². The summed E-state index contributed by atoms with van der Waals surface area (Å²) < 4.78 is 11.9. The number of halogens is 1. The molecule has 2 heterocycles. The van der Waals surface area contributed by atoms with Crippen molar-refractivity contribution in [3.63, 3.8) is 0 Å². The second-order valence-electron chi connectivity index (χ2n) is 10.4. The summed E-state index contributed by atoms with van der Waals surface area (Å²) in [5.41, 5.74) is 4.97. The van der Waals surface area contributed by atoms with Crippen LogP contribution in [0, 0.1) is 6.92 Å². The Morgan fingerprint density at radius 1 is 1.03 bits per heavy atom. The summed E-state index contributed by atoms with van der Waals surface area (Å²) in [4.78, 5) is 15.3. The number of carbonyl (C=O) groups excluding carboxylic acids is 1. The summed E-state index contributed by atoms with van der Waals surface area (Å²) in [6.07, 6.45) is 4.36. The number of carbonyl (C=O) groups is 1. The summed E-state index contributed by atoms with van der Waals surface area (Å²) >= 11 is 6.00. The first-order chi connectivity index (χ1) is 19.0. The van der Waals surface area contributed by atoms with Crippen molar-refractivity contribution in [1.82, 2.24) is 10.2 Å². The first-order valence-corrected chi connectivity index (χ1v) is 14.4. The highest BCUT2D eigenvalue weighted by atomic mass is 35.5. The SMILES string of the molecule is CCOc1cc(C)ccc1C1CCN(CCCCNC(=O)c2ccc3oc(-c4ccc(Cl)cc4)cc3c2)CC1. The number of hydrogen-bond acceptors (Lipinski definition) is 4. The van der Waals surface area contributed by atoms with Gasteiger partial charge in [0, 0.05) is 28.1 Å². The molecule has 39 heavy (non-hydrogen) atoms. The minimum atomic E-state index is -0.0462. The standard InChI is InChI=1S/C33H37ClN2O3/c1-3-38-32-20-23(2)6-12-29(32)24-14-18-36(19-15-24)17-5-4-16-35-33(37)26-9-13-30-27(21-26)22-31(39-30)25-7-10-28(34)11-8-25/h6-13,20-22,24H,3-5,14-19H2,1-2H3,(H,35,37). The third-order valence-electron chi connectivity index (χ3n) is 7.59. The zero-order valence-corrected chi connectivity index (χ0v) is 23.6. The fourth-order valence-electron chi connectivity index (χ4n) is 5.43. The van der Waals surface area contributed by atoms with Crippen LogP contribution in [-0.2, 0) is 0 Å². The molecular weight excluding hydrogens is 508 g/mol. The lowest BCUT2D eigenvalue weighted by atomic mass is 9.88. The van der Waals surface area contributed by atoms with Gasteiger partial charge in [-0.3, -0.25) is 4.79 Å². The predicted octanol–water partition coefficient (Wildman–Crippen LogP) is 7.85. The van der Waals surface area contributed by atoms with Gasteiger partial charge in [-0.1, -0.05) is 23.7 Å². The summed E-state index contributed by atoms with van der Waals surface area (Å²) in [6.45, 7) is 8.84. The first-order valence-electron chi connectivity index (χ1n) is 14.0. The van der Waals surface area contributed by atoms with E-state index in [9.17, 15) is 4.79 Å². The molecule has 1 aliphatic heterocycles. The van der Waals surface area contributed by atoms with E-state index in [0.29, 0.717) is 29.7 Å². The number of ether oxygens (including phenoxy) is 1. The van der Waals surface area contributed by atoms with Gasteiger partial charge in [-0.05, 0) is 131 Å². The molecule has 204 valence electrons. The van der Waals surface area contributed by atoms with E-state index in [1.54, 1.807) is 0 Å². The van der Waals surface area contributed by atoms with E-state index in [2.05, 4.69) is 35.3 Å². The number of rotatable bonds is 10. The van der Waals surface area contributed by atoms with Crippen molar-refractivity contribution in [3.8, 4) is 17.1 Å². The quantitative estimate of drug-likeness (QED) is 0.206. The molecule has 0 spiro atoms. The average Bonchev–Trinajstić information content (AvgIpc) is 3.37. The van der Waals surface area contributed by atoms with Crippen molar-refractivity contribution in [1.29, 1.82) is 0 Å². The maximum Gasteiger partial charge on any atom is 0.251 e. The maximum atomic E-state index is 12.8. The number of furan rings is 1. The molecule has 0 aliphatic carbocycles. The molecule has 5 nitrogen and oxygen atoms in total. The van der Waals surface area contributed by atoms with E-state index in [4.69, 9.17) is 20.8 Å². The number of nitrogens with zero attached hydrogens (tertiary/aromatic N) is 1. The smallest absolute Gasteiger partial charge is 0.251 e. The maximum absolute atomic E-state index is 12.8. The van der Waals surface area contributed by atoms with Crippen molar-refractivity contribution in [2.75, 3.05) is 32.8 Å². The largest absolute Gasteiger partial charge is 0.494 e. The van der Waals surface area contributed by atoms with Gasteiger partial charge in [-0.25, -0.2) is 0 Å².